The lowest BCUT2D eigenvalue weighted by Gasteiger charge is -2.33. The van der Waals surface area contributed by atoms with Crippen molar-refractivity contribution in [2.24, 2.45) is 0 Å². The minimum atomic E-state index is -0.293. The summed E-state index contributed by atoms with van der Waals surface area (Å²) in [6.07, 6.45) is 2.54. The number of carbonyl (C=O) groups is 1. The zero-order valence-electron chi connectivity index (χ0n) is 15.2. The highest BCUT2D eigenvalue weighted by Crippen LogP contribution is 2.28. The fraction of sp³-hybridized carbons (Fsp3) is 0.450. The number of rotatable bonds is 6. The second-order valence-electron chi connectivity index (χ2n) is 7.10. The fourth-order valence-electron chi connectivity index (χ4n) is 3.38. The van der Waals surface area contributed by atoms with Crippen LogP contribution in [-0.2, 0) is 16.1 Å². The summed E-state index contributed by atoms with van der Waals surface area (Å²) in [5, 5.41) is 7.20. The Balaban J connectivity index is 1.34. The van der Waals surface area contributed by atoms with Gasteiger partial charge in [-0.05, 0) is 18.9 Å². The summed E-state index contributed by atoms with van der Waals surface area (Å²) in [5.41, 5.74) is 1.28. The third-order valence-corrected chi connectivity index (χ3v) is 4.99. The summed E-state index contributed by atoms with van der Waals surface area (Å²) in [6.45, 7) is 2.89. The summed E-state index contributed by atoms with van der Waals surface area (Å²) < 4.78 is 6.95. The van der Waals surface area contributed by atoms with E-state index in [0.29, 0.717) is 24.9 Å². The topological polar surface area (TPSA) is 76.5 Å². The van der Waals surface area contributed by atoms with E-state index < -0.39 is 0 Å². The molecule has 1 aliphatic carbocycles. The van der Waals surface area contributed by atoms with Gasteiger partial charge in [0.1, 0.15) is 6.54 Å². The van der Waals surface area contributed by atoms with Crippen molar-refractivity contribution in [1.29, 1.82) is 0 Å². The van der Waals surface area contributed by atoms with Gasteiger partial charge in [0.2, 0.25) is 5.91 Å². The molecule has 1 saturated heterocycles. The van der Waals surface area contributed by atoms with Gasteiger partial charge in [-0.1, -0.05) is 30.3 Å². The predicted molar refractivity (Wildman–Crippen MR) is 101 cm³/mol. The van der Waals surface area contributed by atoms with Crippen LogP contribution in [0.2, 0.25) is 0 Å². The molecule has 1 saturated carbocycles. The molecule has 1 unspecified atom stereocenters. The second kappa shape index (κ2) is 8.02. The van der Waals surface area contributed by atoms with Gasteiger partial charge in [0.25, 0.3) is 5.56 Å². The van der Waals surface area contributed by atoms with Crippen molar-refractivity contribution in [2.45, 2.75) is 31.5 Å². The SMILES string of the molecule is O=C(Cn1nc(-c2ccccc2)ccc1=O)NCC1CN(C2CC2)CCO1. The summed E-state index contributed by atoms with van der Waals surface area (Å²) in [7, 11) is 0. The number of hydrogen-bond acceptors (Lipinski definition) is 5. The molecule has 1 atom stereocenters. The molecular weight excluding hydrogens is 344 g/mol. The number of ether oxygens (including phenoxy) is 1. The first-order valence-corrected chi connectivity index (χ1v) is 9.45. The number of hydrogen-bond donors (Lipinski definition) is 1. The molecule has 0 radical (unpaired) electrons. The average molecular weight is 368 g/mol. The van der Waals surface area contributed by atoms with Crippen molar-refractivity contribution in [3.63, 3.8) is 0 Å². The van der Waals surface area contributed by atoms with Crippen LogP contribution in [0.4, 0.5) is 0 Å². The van der Waals surface area contributed by atoms with Gasteiger partial charge in [0.05, 0.1) is 18.4 Å². The van der Waals surface area contributed by atoms with Gasteiger partial charge < -0.3 is 10.1 Å². The molecule has 2 fully saturated rings. The highest BCUT2D eigenvalue weighted by Gasteiger charge is 2.32. The van der Waals surface area contributed by atoms with Gasteiger partial charge in [0, 0.05) is 37.3 Å². The largest absolute Gasteiger partial charge is 0.374 e. The minimum Gasteiger partial charge on any atom is -0.374 e. The fourth-order valence-corrected chi connectivity index (χ4v) is 3.38. The van der Waals surface area contributed by atoms with Crippen LogP contribution in [-0.4, -0.2) is 59.0 Å². The molecule has 1 N–H and O–H groups in total. The Bertz CT molecular complexity index is 848. The van der Waals surface area contributed by atoms with Gasteiger partial charge in [-0.15, -0.1) is 0 Å². The van der Waals surface area contributed by atoms with Gasteiger partial charge in [-0.25, -0.2) is 4.68 Å². The van der Waals surface area contributed by atoms with E-state index in [2.05, 4.69) is 15.3 Å². The van der Waals surface area contributed by atoms with Crippen LogP contribution in [0.3, 0.4) is 0 Å². The molecule has 0 spiro atoms. The Morgan fingerprint density at radius 1 is 1.19 bits per heavy atom. The lowest BCUT2D eigenvalue weighted by molar-refractivity contribution is -0.123. The summed E-state index contributed by atoms with van der Waals surface area (Å²) >= 11 is 0. The van der Waals surface area contributed by atoms with Crippen molar-refractivity contribution in [3.8, 4) is 11.3 Å². The molecular formula is C20H24N4O3. The zero-order chi connectivity index (χ0) is 18.6. The molecule has 1 aromatic carbocycles. The van der Waals surface area contributed by atoms with E-state index in [4.69, 9.17) is 4.74 Å². The number of nitrogens with one attached hydrogen (secondary N) is 1. The molecule has 27 heavy (non-hydrogen) atoms. The lowest BCUT2D eigenvalue weighted by atomic mass is 10.1. The van der Waals surface area contributed by atoms with E-state index in [-0.39, 0.29) is 24.1 Å². The average Bonchev–Trinajstić information content (AvgIpc) is 3.54. The predicted octanol–water partition coefficient (Wildman–Crippen LogP) is 0.890. The second-order valence-corrected chi connectivity index (χ2v) is 7.10. The van der Waals surface area contributed by atoms with Crippen LogP contribution in [0.25, 0.3) is 11.3 Å². The van der Waals surface area contributed by atoms with Crippen LogP contribution >= 0.6 is 0 Å². The first-order chi connectivity index (χ1) is 13.2. The number of morpholine rings is 1. The zero-order valence-corrected chi connectivity index (χ0v) is 15.2. The lowest BCUT2D eigenvalue weighted by Crippen LogP contribution is -2.48. The molecule has 2 aliphatic rings. The van der Waals surface area contributed by atoms with E-state index in [0.717, 1.165) is 18.7 Å². The Morgan fingerprint density at radius 3 is 2.78 bits per heavy atom. The summed E-state index contributed by atoms with van der Waals surface area (Å²) in [6, 6.07) is 13.4. The van der Waals surface area contributed by atoms with Gasteiger partial charge in [-0.3, -0.25) is 14.5 Å². The Labute approximate surface area is 157 Å². The molecule has 1 aromatic heterocycles. The van der Waals surface area contributed by atoms with Crippen molar-refractivity contribution < 1.29 is 9.53 Å². The van der Waals surface area contributed by atoms with Crippen molar-refractivity contribution in [3.05, 3.63) is 52.8 Å². The maximum Gasteiger partial charge on any atom is 0.267 e. The van der Waals surface area contributed by atoms with Crippen LogP contribution in [0.5, 0.6) is 0 Å². The van der Waals surface area contributed by atoms with Gasteiger partial charge in [-0.2, -0.15) is 5.10 Å². The Hall–Kier alpha value is -2.51. The van der Waals surface area contributed by atoms with Crippen molar-refractivity contribution >= 4 is 5.91 Å². The minimum absolute atomic E-state index is 0.00337. The van der Waals surface area contributed by atoms with Crippen molar-refractivity contribution in [1.82, 2.24) is 20.0 Å². The number of nitrogens with zero attached hydrogens (tertiary/aromatic N) is 3. The molecule has 142 valence electrons. The van der Waals surface area contributed by atoms with Gasteiger partial charge >= 0.3 is 0 Å². The molecule has 1 amide bonds. The van der Waals surface area contributed by atoms with Gasteiger partial charge in [0.15, 0.2) is 0 Å². The maximum atomic E-state index is 12.3. The first-order valence-electron chi connectivity index (χ1n) is 9.45. The number of amides is 1. The molecule has 2 aromatic rings. The van der Waals surface area contributed by atoms with E-state index in [1.165, 1.54) is 23.6 Å². The van der Waals surface area contributed by atoms with E-state index in [9.17, 15) is 9.59 Å². The van der Waals surface area contributed by atoms with Crippen LogP contribution in [0.15, 0.2) is 47.3 Å². The molecule has 7 heteroatoms. The van der Waals surface area contributed by atoms with Crippen LogP contribution in [0, 0.1) is 0 Å². The van der Waals surface area contributed by atoms with E-state index in [1.54, 1.807) is 6.07 Å². The Kier molecular flexibility index (Phi) is 5.31. The van der Waals surface area contributed by atoms with Crippen LogP contribution in [0.1, 0.15) is 12.8 Å². The molecule has 7 nitrogen and oxygen atoms in total. The standard InChI is InChI=1S/C20H24N4O3/c25-19(21-12-17-13-23(10-11-27-17)16-6-7-16)14-24-20(26)9-8-18(22-24)15-4-2-1-3-5-15/h1-5,8-9,16-17H,6-7,10-14H2,(H,21,25). The maximum absolute atomic E-state index is 12.3. The number of benzene rings is 1. The smallest absolute Gasteiger partial charge is 0.267 e. The van der Waals surface area contributed by atoms with Crippen molar-refractivity contribution in [2.75, 3.05) is 26.2 Å². The monoisotopic (exact) mass is 368 g/mol. The van der Waals surface area contributed by atoms with Crippen LogP contribution < -0.4 is 10.9 Å². The number of aromatic nitrogens is 2. The first kappa shape index (κ1) is 17.9. The normalized spacial score (nSPS) is 20.4. The van der Waals surface area contributed by atoms with E-state index in [1.807, 2.05) is 30.3 Å². The third-order valence-electron chi connectivity index (χ3n) is 4.99. The third kappa shape index (κ3) is 4.61. The highest BCUT2D eigenvalue weighted by atomic mass is 16.5. The quantitative estimate of drug-likeness (QED) is 0.820. The number of carbonyl (C=O) groups excluding carboxylic acids is 1. The molecule has 1 aliphatic heterocycles. The Morgan fingerprint density at radius 2 is 2.00 bits per heavy atom. The summed E-state index contributed by atoms with van der Waals surface area (Å²) in [5.74, 6) is -0.234. The van der Waals surface area contributed by atoms with E-state index >= 15 is 0 Å². The molecule has 4 rings (SSSR count). The molecule has 2 heterocycles. The summed E-state index contributed by atoms with van der Waals surface area (Å²) in [4.78, 5) is 26.8. The molecule has 0 bridgehead atoms. The highest BCUT2D eigenvalue weighted by molar-refractivity contribution is 5.75.